The van der Waals surface area contributed by atoms with Crippen molar-refractivity contribution >= 4 is 17.7 Å². The van der Waals surface area contributed by atoms with Crippen molar-refractivity contribution in [3.8, 4) is 5.75 Å². The highest BCUT2D eigenvalue weighted by Crippen LogP contribution is 2.33. The third-order valence-corrected chi connectivity index (χ3v) is 3.27. The van der Waals surface area contributed by atoms with Gasteiger partial charge in [0.15, 0.2) is 11.6 Å². The molecule has 0 saturated carbocycles. The number of benzene rings is 2. The van der Waals surface area contributed by atoms with E-state index in [9.17, 15) is 14.4 Å². The Morgan fingerprint density at radius 3 is 2.14 bits per heavy atom. The van der Waals surface area contributed by atoms with E-state index in [0.717, 1.165) is 0 Å². The molecule has 0 aromatic heterocycles. The number of fused-ring (bicyclic) bond motifs is 2. The topological polar surface area (TPSA) is 69.7 Å². The minimum Gasteiger partial charge on any atom is -0.437 e. The lowest BCUT2D eigenvalue weighted by Crippen LogP contribution is -2.22. The Bertz CT molecular complexity index is 776. The van der Waals surface area contributed by atoms with Gasteiger partial charge in [0.1, 0.15) is 5.75 Å². The number of ketones is 2. The summed E-state index contributed by atoms with van der Waals surface area (Å²) < 4.78 is 9.38. The van der Waals surface area contributed by atoms with Crippen molar-refractivity contribution in [1.29, 1.82) is 0 Å². The first-order valence-corrected chi connectivity index (χ1v) is 6.20. The molecule has 1 aliphatic carbocycles. The number of hydrogen-bond donors (Lipinski definition) is 0. The molecule has 3 rings (SSSR count). The molecular formula is C16H10O5. The molecule has 0 saturated heterocycles. The molecule has 0 amide bonds. The van der Waals surface area contributed by atoms with Gasteiger partial charge in [-0.05, 0) is 6.07 Å². The predicted molar refractivity (Wildman–Crippen MR) is 72.8 cm³/mol. The van der Waals surface area contributed by atoms with Gasteiger partial charge in [0, 0.05) is 16.7 Å². The first-order valence-electron chi connectivity index (χ1n) is 6.20. The predicted octanol–water partition coefficient (Wildman–Crippen LogP) is 2.61. The van der Waals surface area contributed by atoms with Gasteiger partial charge in [0.05, 0.1) is 12.7 Å². The van der Waals surface area contributed by atoms with E-state index in [1.807, 2.05) is 0 Å². The van der Waals surface area contributed by atoms with Crippen molar-refractivity contribution < 1.29 is 23.9 Å². The Labute approximate surface area is 120 Å². The van der Waals surface area contributed by atoms with E-state index in [-0.39, 0.29) is 28.4 Å². The SMILES string of the molecule is COC(=O)Oc1cccc2c1C(=O)c1ccccc1C2=O. The van der Waals surface area contributed by atoms with Crippen molar-refractivity contribution in [3.05, 3.63) is 64.7 Å². The molecule has 0 unspecified atom stereocenters. The van der Waals surface area contributed by atoms with Gasteiger partial charge in [-0.15, -0.1) is 0 Å². The molecule has 2 aromatic carbocycles. The lowest BCUT2D eigenvalue weighted by atomic mass is 9.84. The highest BCUT2D eigenvalue weighted by molar-refractivity contribution is 6.29. The first kappa shape index (κ1) is 13.1. The summed E-state index contributed by atoms with van der Waals surface area (Å²) in [5, 5.41) is 0. The minimum atomic E-state index is -0.942. The second-order valence-corrected chi connectivity index (χ2v) is 4.44. The van der Waals surface area contributed by atoms with Crippen LogP contribution in [-0.4, -0.2) is 24.8 Å². The van der Waals surface area contributed by atoms with Gasteiger partial charge in [-0.1, -0.05) is 36.4 Å². The van der Waals surface area contributed by atoms with Gasteiger partial charge >= 0.3 is 6.16 Å². The van der Waals surface area contributed by atoms with Crippen molar-refractivity contribution in [3.63, 3.8) is 0 Å². The molecule has 5 nitrogen and oxygen atoms in total. The summed E-state index contributed by atoms with van der Waals surface area (Å²) in [6.07, 6.45) is -0.942. The monoisotopic (exact) mass is 282 g/mol. The van der Waals surface area contributed by atoms with Gasteiger partial charge in [0.2, 0.25) is 0 Å². The standard InChI is InChI=1S/C16H10O5/c1-20-16(19)21-12-8-4-7-11-13(12)15(18)10-6-3-2-5-9(10)14(11)17/h2-8H,1H3. The largest absolute Gasteiger partial charge is 0.513 e. The van der Waals surface area contributed by atoms with E-state index < -0.39 is 6.16 Å². The molecule has 0 spiro atoms. The van der Waals surface area contributed by atoms with Crippen LogP contribution in [0.5, 0.6) is 5.75 Å². The third-order valence-electron chi connectivity index (χ3n) is 3.27. The molecule has 0 N–H and O–H groups in total. The summed E-state index contributed by atoms with van der Waals surface area (Å²) >= 11 is 0. The van der Waals surface area contributed by atoms with E-state index in [1.54, 1.807) is 30.3 Å². The van der Waals surface area contributed by atoms with Crippen LogP contribution in [0.3, 0.4) is 0 Å². The lowest BCUT2D eigenvalue weighted by molar-refractivity contribution is 0.0970. The van der Waals surface area contributed by atoms with Crippen molar-refractivity contribution in [2.75, 3.05) is 7.11 Å². The van der Waals surface area contributed by atoms with Crippen molar-refractivity contribution in [2.24, 2.45) is 0 Å². The van der Waals surface area contributed by atoms with Crippen LogP contribution in [-0.2, 0) is 4.74 Å². The number of carbonyl (C=O) groups is 3. The van der Waals surface area contributed by atoms with Crippen LogP contribution in [0.1, 0.15) is 31.8 Å². The molecule has 2 aromatic rings. The van der Waals surface area contributed by atoms with E-state index >= 15 is 0 Å². The fourth-order valence-corrected chi connectivity index (χ4v) is 2.33. The molecule has 0 fully saturated rings. The number of ether oxygens (including phenoxy) is 2. The normalized spacial score (nSPS) is 12.4. The number of carbonyl (C=O) groups excluding carboxylic acids is 3. The average Bonchev–Trinajstić information content (AvgIpc) is 2.52. The summed E-state index contributed by atoms with van der Waals surface area (Å²) in [5.74, 6) is -0.595. The molecule has 0 bridgehead atoms. The maximum Gasteiger partial charge on any atom is 0.513 e. The Morgan fingerprint density at radius 1 is 0.857 bits per heavy atom. The van der Waals surface area contributed by atoms with Crippen LogP contribution in [0.4, 0.5) is 4.79 Å². The van der Waals surface area contributed by atoms with E-state index in [0.29, 0.717) is 11.1 Å². The Hall–Kier alpha value is -2.95. The zero-order valence-corrected chi connectivity index (χ0v) is 11.1. The summed E-state index contributed by atoms with van der Waals surface area (Å²) in [5.41, 5.74) is 0.966. The van der Waals surface area contributed by atoms with E-state index in [2.05, 4.69) is 4.74 Å². The third kappa shape index (κ3) is 1.99. The van der Waals surface area contributed by atoms with E-state index in [4.69, 9.17) is 4.74 Å². The number of methoxy groups -OCH3 is 1. The molecule has 104 valence electrons. The fraction of sp³-hybridized carbons (Fsp3) is 0.0625. The molecule has 0 atom stereocenters. The van der Waals surface area contributed by atoms with Gasteiger partial charge < -0.3 is 9.47 Å². The van der Waals surface area contributed by atoms with Crippen LogP contribution in [0, 0.1) is 0 Å². The van der Waals surface area contributed by atoms with Crippen LogP contribution >= 0.6 is 0 Å². The van der Waals surface area contributed by atoms with Gasteiger partial charge in [-0.25, -0.2) is 4.79 Å². The zero-order valence-electron chi connectivity index (χ0n) is 11.1. The molecule has 5 heteroatoms. The number of rotatable bonds is 1. The number of hydrogen-bond acceptors (Lipinski definition) is 5. The van der Waals surface area contributed by atoms with Crippen LogP contribution in [0.15, 0.2) is 42.5 Å². The summed E-state index contributed by atoms with van der Waals surface area (Å²) in [6, 6.07) is 11.1. The van der Waals surface area contributed by atoms with E-state index in [1.165, 1.54) is 19.2 Å². The smallest absolute Gasteiger partial charge is 0.437 e. The summed E-state index contributed by atoms with van der Waals surface area (Å²) in [7, 11) is 1.17. The van der Waals surface area contributed by atoms with Crippen LogP contribution in [0.25, 0.3) is 0 Å². The highest BCUT2D eigenvalue weighted by Gasteiger charge is 2.32. The van der Waals surface area contributed by atoms with Crippen molar-refractivity contribution in [1.82, 2.24) is 0 Å². The highest BCUT2D eigenvalue weighted by atomic mass is 16.7. The van der Waals surface area contributed by atoms with Gasteiger partial charge in [0.25, 0.3) is 0 Å². The Balaban J connectivity index is 2.19. The minimum absolute atomic E-state index is 0.0206. The zero-order chi connectivity index (χ0) is 15.0. The summed E-state index contributed by atoms with van der Waals surface area (Å²) in [4.78, 5) is 36.3. The maximum atomic E-state index is 12.6. The average molecular weight is 282 g/mol. The molecule has 0 radical (unpaired) electrons. The quantitative estimate of drug-likeness (QED) is 0.507. The molecule has 21 heavy (non-hydrogen) atoms. The Morgan fingerprint density at radius 2 is 1.48 bits per heavy atom. The fourth-order valence-electron chi connectivity index (χ4n) is 2.33. The molecule has 1 aliphatic rings. The lowest BCUT2D eigenvalue weighted by Gasteiger charge is -2.19. The molecule has 0 heterocycles. The van der Waals surface area contributed by atoms with Gasteiger partial charge in [-0.2, -0.15) is 0 Å². The van der Waals surface area contributed by atoms with Crippen LogP contribution < -0.4 is 4.74 Å². The second-order valence-electron chi connectivity index (χ2n) is 4.44. The van der Waals surface area contributed by atoms with Gasteiger partial charge in [-0.3, -0.25) is 9.59 Å². The first-order chi connectivity index (χ1) is 10.1. The van der Waals surface area contributed by atoms with Crippen LogP contribution in [0.2, 0.25) is 0 Å². The second kappa shape index (κ2) is 4.86. The van der Waals surface area contributed by atoms with Crippen molar-refractivity contribution in [2.45, 2.75) is 0 Å². The molecular weight excluding hydrogens is 272 g/mol. The maximum absolute atomic E-state index is 12.6. The Kier molecular flexibility index (Phi) is 3.02. The summed E-state index contributed by atoms with van der Waals surface area (Å²) in [6.45, 7) is 0. The molecule has 0 aliphatic heterocycles.